The van der Waals surface area contributed by atoms with Gasteiger partial charge >= 0.3 is 0 Å². The molecule has 0 amide bonds. The lowest BCUT2D eigenvalue weighted by Gasteiger charge is -1.86. The number of hydrogen-bond donors (Lipinski definition) is 1. The van der Waals surface area contributed by atoms with Crippen molar-refractivity contribution in [1.82, 2.24) is 4.90 Å². The van der Waals surface area contributed by atoms with E-state index in [9.17, 15) is 0 Å². The Morgan fingerprint density at radius 2 is 2.50 bits per heavy atom. The third-order valence-corrected chi connectivity index (χ3v) is 1.17. The second-order valence-corrected chi connectivity index (χ2v) is 1.76. The van der Waals surface area contributed by atoms with E-state index in [1.165, 1.54) is 0 Å². The molecule has 6 heavy (non-hydrogen) atoms. The van der Waals surface area contributed by atoms with Gasteiger partial charge in [-0.05, 0) is 6.92 Å². The maximum atomic E-state index is 8.30. The molecule has 1 aliphatic heterocycles. The van der Waals surface area contributed by atoms with Crippen LogP contribution in [0.3, 0.4) is 0 Å². The lowest BCUT2D eigenvalue weighted by Crippen LogP contribution is -1.98. The van der Waals surface area contributed by atoms with Crippen molar-refractivity contribution in [2.75, 3.05) is 13.3 Å². The van der Waals surface area contributed by atoms with Gasteiger partial charge in [0.2, 0.25) is 0 Å². The van der Waals surface area contributed by atoms with Gasteiger partial charge in [-0.2, -0.15) is 0 Å². The largest absolute Gasteiger partial charge is 0.381 e. The highest BCUT2D eigenvalue weighted by atomic mass is 16.3. The molecule has 0 bridgehead atoms. The lowest BCUT2D eigenvalue weighted by atomic mass is 10.6. The van der Waals surface area contributed by atoms with Crippen molar-refractivity contribution in [1.29, 1.82) is 0 Å². The summed E-state index contributed by atoms with van der Waals surface area (Å²) in [7, 11) is 0. The minimum Gasteiger partial charge on any atom is -0.381 e. The van der Waals surface area contributed by atoms with Gasteiger partial charge < -0.3 is 5.11 Å². The van der Waals surface area contributed by atoms with Gasteiger partial charge in [0, 0.05) is 12.6 Å². The normalized spacial score (nSPS) is 43.0. The predicted octanol–water partition coefficient (Wildman–Crippen LogP) is -0.360. The van der Waals surface area contributed by atoms with E-state index in [-0.39, 0.29) is 6.73 Å². The van der Waals surface area contributed by atoms with E-state index in [1.807, 2.05) is 4.90 Å². The second kappa shape index (κ2) is 1.21. The molecule has 0 aromatic rings. The van der Waals surface area contributed by atoms with Gasteiger partial charge in [-0.15, -0.1) is 0 Å². The Morgan fingerprint density at radius 1 is 2.00 bits per heavy atom. The molecule has 1 N–H and O–H groups in total. The summed E-state index contributed by atoms with van der Waals surface area (Å²) in [5.41, 5.74) is 0. The number of rotatable bonds is 1. The summed E-state index contributed by atoms with van der Waals surface area (Å²) in [5.74, 6) is 0. The van der Waals surface area contributed by atoms with Crippen LogP contribution in [0.2, 0.25) is 0 Å². The number of hydrogen-bond acceptors (Lipinski definition) is 2. The molecule has 36 valence electrons. The molecule has 1 heterocycles. The Balaban J connectivity index is 2.09. The maximum Gasteiger partial charge on any atom is 0.0959 e. The first-order chi connectivity index (χ1) is 2.84. The van der Waals surface area contributed by atoms with Crippen LogP contribution in [0.1, 0.15) is 6.92 Å². The van der Waals surface area contributed by atoms with Gasteiger partial charge in [-0.1, -0.05) is 0 Å². The lowest BCUT2D eigenvalue weighted by molar-refractivity contribution is 0.196. The molecule has 0 saturated carbocycles. The first-order valence-corrected chi connectivity index (χ1v) is 2.19. The number of nitrogens with zero attached hydrogens (tertiary/aromatic N) is 1. The molecule has 1 aliphatic rings. The van der Waals surface area contributed by atoms with Crippen molar-refractivity contribution in [3.8, 4) is 0 Å². The highest BCUT2D eigenvalue weighted by Crippen LogP contribution is 2.12. The van der Waals surface area contributed by atoms with E-state index >= 15 is 0 Å². The fourth-order valence-corrected chi connectivity index (χ4v) is 0.489. The predicted molar refractivity (Wildman–Crippen MR) is 23.3 cm³/mol. The van der Waals surface area contributed by atoms with Gasteiger partial charge in [0.1, 0.15) is 0 Å². The van der Waals surface area contributed by atoms with Crippen molar-refractivity contribution < 1.29 is 5.11 Å². The van der Waals surface area contributed by atoms with E-state index in [2.05, 4.69) is 6.92 Å². The smallest absolute Gasteiger partial charge is 0.0959 e. The van der Waals surface area contributed by atoms with Crippen LogP contribution in [0.15, 0.2) is 0 Å². The van der Waals surface area contributed by atoms with Crippen LogP contribution in [0, 0.1) is 0 Å². The van der Waals surface area contributed by atoms with Crippen LogP contribution >= 0.6 is 0 Å². The third kappa shape index (κ3) is 0.533. The number of aliphatic hydroxyl groups is 1. The molecule has 2 nitrogen and oxygen atoms in total. The topological polar surface area (TPSA) is 23.2 Å². The molecule has 1 fully saturated rings. The highest BCUT2D eigenvalue weighted by molar-refractivity contribution is 4.81. The van der Waals surface area contributed by atoms with Crippen LogP contribution in [-0.4, -0.2) is 29.3 Å². The average molecular weight is 87.1 g/mol. The van der Waals surface area contributed by atoms with Crippen molar-refractivity contribution in [2.45, 2.75) is 13.0 Å². The van der Waals surface area contributed by atoms with E-state index in [1.54, 1.807) is 0 Å². The monoisotopic (exact) mass is 87.1 g/mol. The summed E-state index contributed by atoms with van der Waals surface area (Å²) in [6.45, 7) is 3.41. The van der Waals surface area contributed by atoms with Crippen LogP contribution < -0.4 is 0 Å². The van der Waals surface area contributed by atoms with Gasteiger partial charge in [-0.3, -0.25) is 4.90 Å². The number of aliphatic hydroxyl groups excluding tert-OH is 1. The fraction of sp³-hybridized carbons (Fsp3) is 1.00. The second-order valence-electron chi connectivity index (χ2n) is 1.76. The Morgan fingerprint density at radius 3 is 2.50 bits per heavy atom. The zero-order valence-electron chi connectivity index (χ0n) is 3.89. The van der Waals surface area contributed by atoms with Crippen molar-refractivity contribution >= 4 is 0 Å². The molecule has 1 saturated heterocycles. The minimum atomic E-state index is 0.237. The minimum absolute atomic E-state index is 0.237. The quantitative estimate of drug-likeness (QED) is 0.441. The Labute approximate surface area is 37.4 Å². The van der Waals surface area contributed by atoms with Crippen molar-refractivity contribution in [3.05, 3.63) is 0 Å². The van der Waals surface area contributed by atoms with Crippen molar-refractivity contribution in [3.63, 3.8) is 0 Å². The van der Waals surface area contributed by atoms with E-state index in [4.69, 9.17) is 5.11 Å². The summed E-state index contributed by atoms with van der Waals surface area (Å²) in [6.07, 6.45) is 0. The first kappa shape index (κ1) is 4.09. The molecule has 0 aromatic carbocycles. The molecule has 0 radical (unpaired) electrons. The van der Waals surface area contributed by atoms with Gasteiger partial charge in [0.05, 0.1) is 6.73 Å². The molecule has 0 spiro atoms. The zero-order valence-corrected chi connectivity index (χ0v) is 3.89. The Bertz CT molecular complexity index is 53.5. The standard InChI is InChI=1S/C4H9NO/c1-4-2-5(4)3-6/h4,6H,2-3H2,1H3/t4-,5?/m1/s1. The highest BCUT2D eigenvalue weighted by Gasteiger charge is 2.26. The van der Waals surface area contributed by atoms with Crippen LogP contribution in [0.25, 0.3) is 0 Å². The molecule has 2 heteroatoms. The summed E-state index contributed by atoms with van der Waals surface area (Å²) < 4.78 is 0. The van der Waals surface area contributed by atoms with E-state index in [0.29, 0.717) is 6.04 Å². The van der Waals surface area contributed by atoms with Gasteiger partial charge in [-0.25, -0.2) is 0 Å². The summed E-state index contributed by atoms with van der Waals surface area (Å²) in [4.78, 5) is 1.97. The van der Waals surface area contributed by atoms with Gasteiger partial charge in [0.25, 0.3) is 0 Å². The molecule has 1 unspecified atom stereocenters. The fourth-order valence-electron chi connectivity index (χ4n) is 0.489. The van der Waals surface area contributed by atoms with Crippen molar-refractivity contribution in [2.24, 2.45) is 0 Å². The molecule has 0 aliphatic carbocycles. The Kier molecular flexibility index (Phi) is 0.821. The average Bonchev–Trinajstić information content (AvgIpc) is 2.19. The molecule has 1 rings (SSSR count). The Hall–Kier alpha value is -0.0800. The first-order valence-electron chi connectivity index (χ1n) is 2.19. The van der Waals surface area contributed by atoms with E-state index in [0.717, 1.165) is 6.54 Å². The molecule has 2 atom stereocenters. The van der Waals surface area contributed by atoms with Crippen LogP contribution in [0.4, 0.5) is 0 Å². The third-order valence-electron chi connectivity index (χ3n) is 1.17. The van der Waals surface area contributed by atoms with Crippen LogP contribution in [-0.2, 0) is 0 Å². The van der Waals surface area contributed by atoms with Crippen LogP contribution in [0.5, 0.6) is 0 Å². The summed E-state index contributed by atoms with van der Waals surface area (Å²) in [5, 5.41) is 8.30. The molecule has 0 aromatic heterocycles. The van der Waals surface area contributed by atoms with E-state index < -0.39 is 0 Å². The SMILES string of the molecule is C[C@@H]1CN1CO. The zero-order chi connectivity index (χ0) is 4.57. The summed E-state index contributed by atoms with van der Waals surface area (Å²) >= 11 is 0. The molecular formula is C4H9NO. The van der Waals surface area contributed by atoms with Gasteiger partial charge in [0.15, 0.2) is 0 Å². The molecular weight excluding hydrogens is 78.0 g/mol. The summed E-state index contributed by atoms with van der Waals surface area (Å²) in [6, 6.07) is 0.648. The maximum absolute atomic E-state index is 8.30.